The molecule has 0 bridgehead atoms. The second-order valence-electron chi connectivity index (χ2n) is 10.7. The number of aliphatic carboxylic acids is 1. The number of carboxylic acids is 1. The maximum absolute atomic E-state index is 13.8. The third kappa shape index (κ3) is 8.16. The standard InChI is InChI=1S/C30H36N6O7/c31-23(17-9-3-1-4-10-17)27(39)35-25(19-13-7-15-21(37)32-19)29(41)34-24(18-11-5-2-6-12-18)28(40)36-26(30(42)43)20-14-8-16-22(38)33-20/h1-6,9-12,19-20,23-26H,7-8,13-16,31H2,(H,32,37)(H,33,38)(H,34,41)(H,35,39)(H,36,40)(H,42,43)/t19-,20-,23-,24-,25+,26+/m1/s1. The van der Waals surface area contributed by atoms with Crippen molar-refractivity contribution in [3.05, 3.63) is 71.8 Å². The van der Waals surface area contributed by atoms with E-state index >= 15 is 0 Å². The number of hydrogen-bond donors (Lipinski definition) is 7. The Kier molecular flexibility index (Phi) is 10.4. The molecule has 0 radical (unpaired) electrons. The Labute approximate surface area is 248 Å². The van der Waals surface area contributed by atoms with Gasteiger partial charge in [-0.3, -0.25) is 24.0 Å². The van der Waals surface area contributed by atoms with E-state index in [1.54, 1.807) is 60.7 Å². The predicted octanol–water partition coefficient (Wildman–Crippen LogP) is -0.0645. The lowest BCUT2D eigenvalue weighted by molar-refractivity contribution is -0.144. The molecule has 0 aliphatic carbocycles. The van der Waals surface area contributed by atoms with Gasteiger partial charge in [0.15, 0.2) is 0 Å². The Morgan fingerprint density at radius 3 is 1.70 bits per heavy atom. The van der Waals surface area contributed by atoms with Crippen LogP contribution in [0.5, 0.6) is 0 Å². The quantitative estimate of drug-likeness (QED) is 0.187. The van der Waals surface area contributed by atoms with Crippen molar-refractivity contribution >= 4 is 35.5 Å². The van der Waals surface area contributed by atoms with E-state index in [4.69, 9.17) is 5.73 Å². The fourth-order valence-corrected chi connectivity index (χ4v) is 5.32. The number of piperidine rings is 2. The van der Waals surface area contributed by atoms with Crippen LogP contribution < -0.4 is 32.3 Å². The molecule has 2 aliphatic rings. The maximum atomic E-state index is 13.8. The zero-order valence-corrected chi connectivity index (χ0v) is 23.5. The Hall–Kier alpha value is -4.78. The van der Waals surface area contributed by atoms with E-state index in [-0.39, 0.29) is 24.7 Å². The summed E-state index contributed by atoms with van der Waals surface area (Å²) in [5, 5.41) is 23.0. The van der Waals surface area contributed by atoms with Gasteiger partial charge in [-0.1, -0.05) is 60.7 Å². The Bertz CT molecular complexity index is 1340. The zero-order chi connectivity index (χ0) is 30.9. The Morgan fingerprint density at radius 1 is 0.698 bits per heavy atom. The van der Waals surface area contributed by atoms with E-state index < -0.39 is 59.9 Å². The van der Waals surface area contributed by atoms with Gasteiger partial charge in [0, 0.05) is 12.8 Å². The summed E-state index contributed by atoms with van der Waals surface area (Å²) in [5.41, 5.74) is 7.03. The van der Waals surface area contributed by atoms with Crippen LogP contribution in [-0.4, -0.2) is 64.8 Å². The highest BCUT2D eigenvalue weighted by atomic mass is 16.4. The van der Waals surface area contributed by atoms with Crippen LogP contribution >= 0.6 is 0 Å². The van der Waals surface area contributed by atoms with E-state index in [1.165, 1.54) is 0 Å². The summed E-state index contributed by atoms with van der Waals surface area (Å²) in [6.45, 7) is 0. The highest BCUT2D eigenvalue weighted by Crippen LogP contribution is 2.19. The molecule has 6 atom stereocenters. The molecule has 4 rings (SSSR count). The minimum absolute atomic E-state index is 0.262. The number of hydrogen-bond acceptors (Lipinski definition) is 7. The van der Waals surface area contributed by atoms with Gasteiger partial charge in [-0.25, -0.2) is 4.79 Å². The first kappa shape index (κ1) is 31.2. The van der Waals surface area contributed by atoms with E-state index in [0.717, 1.165) is 0 Å². The van der Waals surface area contributed by atoms with E-state index in [9.17, 15) is 33.9 Å². The van der Waals surface area contributed by atoms with Crippen LogP contribution in [0.4, 0.5) is 0 Å². The summed E-state index contributed by atoms with van der Waals surface area (Å²) >= 11 is 0. The number of nitrogens with two attached hydrogens (primary N) is 1. The molecule has 2 heterocycles. The smallest absolute Gasteiger partial charge is 0.328 e. The number of nitrogens with one attached hydrogen (secondary N) is 5. The van der Waals surface area contributed by atoms with Gasteiger partial charge in [0.25, 0.3) is 0 Å². The second kappa shape index (κ2) is 14.4. The van der Waals surface area contributed by atoms with Gasteiger partial charge in [-0.05, 0) is 36.8 Å². The largest absolute Gasteiger partial charge is 0.480 e. The first-order valence-corrected chi connectivity index (χ1v) is 14.2. The molecule has 5 amide bonds. The Balaban J connectivity index is 1.58. The molecule has 43 heavy (non-hydrogen) atoms. The van der Waals surface area contributed by atoms with Crippen LogP contribution in [0.1, 0.15) is 61.7 Å². The van der Waals surface area contributed by atoms with E-state index in [0.29, 0.717) is 36.8 Å². The lowest BCUT2D eigenvalue weighted by Crippen LogP contribution is -2.62. The molecule has 0 saturated carbocycles. The van der Waals surface area contributed by atoms with Crippen LogP contribution in [-0.2, 0) is 28.8 Å². The molecule has 13 heteroatoms. The minimum atomic E-state index is -1.45. The number of amides is 5. The molecule has 0 aromatic heterocycles. The molecule has 0 spiro atoms. The fourth-order valence-electron chi connectivity index (χ4n) is 5.32. The molecule has 228 valence electrons. The van der Waals surface area contributed by atoms with Crippen LogP contribution in [0.25, 0.3) is 0 Å². The van der Waals surface area contributed by atoms with Gasteiger partial charge in [0.05, 0.1) is 12.1 Å². The first-order valence-electron chi connectivity index (χ1n) is 14.2. The van der Waals surface area contributed by atoms with Gasteiger partial charge < -0.3 is 37.4 Å². The van der Waals surface area contributed by atoms with Crippen molar-refractivity contribution in [3.8, 4) is 0 Å². The summed E-state index contributed by atoms with van der Waals surface area (Å²) in [7, 11) is 0. The van der Waals surface area contributed by atoms with E-state index in [2.05, 4.69) is 26.6 Å². The van der Waals surface area contributed by atoms with Gasteiger partial charge >= 0.3 is 5.97 Å². The molecular weight excluding hydrogens is 556 g/mol. The van der Waals surface area contributed by atoms with Crippen molar-refractivity contribution in [1.29, 1.82) is 0 Å². The van der Waals surface area contributed by atoms with Gasteiger partial charge in [0.1, 0.15) is 24.2 Å². The maximum Gasteiger partial charge on any atom is 0.328 e. The Morgan fingerprint density at radius 2 is 1.19 bits per heavy atom. The normalized spacial score (nSPS) is 21.1. The summed E-state index contributed by atoms with van der Waals surface area (Å²) in [5.74, 6) is -4.21. The van der Waals surface area contributed by atoms with Crippen molar-refractivity contribution in [1.82, 2.24) is 26.6 Å². The van der Waals surface area contributed by atoms with Crippen LogP contribution in [0, 0.1) is 0 Å². The molecule has 0 unspecified atom stereocenters. The average Bonchev–Trinajstić information content (AvgIpc) is 3.01. The molecule has 8 N–H and O–H groups in total. The summed E-state index contributed by atoms with van der Waals surface area (Å²) < 4.78 is 0. The SMILES string of the molecule is N[C@@H](C(=O)N[C@H](C(=O)N[C@@H](C(=O)N[C@H](C(=O)O)[C@H]1CCCC(=O)N1)c1ccccc1)[C@H]1CCCC(=O)N1)c1ccccc1. The minimum Gasteiger partial charge on any atom is -0.480 e. The summed E-state index contributed by atoms with van der Waals surface area (Å²) in [4.78, 5) is 76.9. The van der Waals surface area contributed by atoms with Gasteiger partial charge in [-0.15, -0.1) is 0 Å². The molecule has 2 aromatic rings. The van der Waals surface area contributed by atoms with Crippen molar-refractivity contribution in [2.24, 2.45) is 5.73 Å². The van der Waals surface area contributed by atoms with Crippen molar-refractivity contribution in [2.75, 3.05) is 0 Å². The van der Waals surface area contributed by atoms with Crippen LogP contribution in [0.15, 0.2) is 60.7 Å². The third-order valence-electron chi connectivity index (χ3n) is 7.60. The van der Waals surface area contributed by atoms with Crippen LogP contribution in [0.2, 0.25) is 0 Å². The lowest BCUT2D eigenvalue weighted by Gasteiger charge is -2.33. The van der Waals surface area contributed by atoms with Crippen LogP contribution in [0.3, 0.4) is 0 Å². The highest BCUT2D eigenvalue weighted by molar-refractivity contribution is 5.96. The van der Waals surface area contributed by atoms with Gasteiger partial charge in [-0.2, -0.15) is 0 Å². The average molecular weight is 593 g/mol. The summed E-state index contributed by atoms with van der Waals surface area (Å²) in [6, 6.07) is 9.92. The number of rotatable bonds is 11. The molecule has 2 saturated heterocycles. The zero-order valence-electron chi connectivity index (χ0n) is 23.5. The van der Waals surface area contributed by atoms with Gasteiger partial charge in [0.2, 0.25) is 29.5 Å². The number of carbonyl (C=O) groups is 6. The fraction of sp³-hybridized carbons (Fsp3) is 0.400. The second-order valence-corrected chi connectivity index (χ2v) is 10.7. The highest BCUT2D eigenvalue weighted by Gasteiger charge is 2.38. The molecule has 13 nitrogen and oxygen atoms in total. The van der Waals surface area contributed by atoms with Crippen molar-refractivity contribution < 1.29 is 33.9 Å². The predicted molar refractivity (Wildman–Crippen MR) is 154 cm³/mol. The summed E-state index contributed by atoms with van der Waals surface area (Å²) in [6.07, 6.45) is 2.22. The molecule has 2 aliphatic heterocycles. The molecule has 2 aromatic carbocycles. The van der Waals surface area contributed by atoms with Crippen molar-refractivity contribution in [2.45, 2.75) is 74.8 Å². The first-order chi connectivity index (χ1) is 20.6. The topological polar surface area (TPSA) is 209 Å². The molecular formula is C30H36N6O7. The number of benzene rings is 2. The number of carboxylic acid groups (broad SMARTS) is 1. The molecule has 2 fully saturated rings. The van der Waals surface area contributed by atoms with Crippen molar-refractivity contribution in [3.63, 3.8) is 0 Å². The monoisotopic (exact) mass is 592 g/mol. The third-order valence-corrected chi connectivity index (χ3v) is 7.60. The number of carbonyl (C=O) groups excluding carboxylic acids is 5. The lowest BCUT2D eigenvalue weighted by atomic mass is 9.95. The van der Waals surface area contributed by atoms with E-state index in [1.807, 2.05) is 0 Å².